The summed E-state index contributed by atoms with van der Waals surface area (Å²) < 4.78 is 10.5. The van der Waals surface area contributed by atoms with Crippen LogP contribution in [0.15, 0.2) is 18.2 Å². The number of carbonyl (C=O) groups is 1. The minimum atomic E-state index is -0.502. The van der Waals surface area contributed by atoms with Gasteiger partial charge < -0.3 is 15.2 Å². The molecular formula is C13H19Cl2NO3. The van der Waals surface area contributed by atoms with E-state index in [1.807, 2.05) is 26.0 Å². The predicted molar refractivity (Wildman–Crippen MR) is 78.6 cm³/mol. The number of hydrogen-bond donors (Lipinski definition) is 1. The zero-order chi connectivity index (χ0) is 13.5. The monoisotopic (exact) mass is 307 g/mol. The summed E-state index contributed by atoms with van der Waals surface area (Å²) in [4.78, 5) is 11.2. The molecule has 0 spiro atoms. The molecule has 108 valence electrons. The van der Waals surface area contributed by atoms with Gasteiger partial charge in [0.1, 0.15) is 5.88 Å². The van der Waals surface area contributed by atoms with Gasteiger partial charge in [0, 0.05) is 6.04 Å². The summed E-state index contributed by atoms with van der Waals surface area (Å²) in [6.45, 7) is 4.29. The summed E-state index contributed by atoms with van der Waals surface area (Å²) >= 11 is 5.40. The molecule has 2 N–H and O–H groups in total. The molecule has 0 aliphatic heterocycles. The van der Waals surface area contributed by atoms with E-state index in [-0.39, 0.29) is 24.3 Å². The maximum Gasteiger partial charge on any atom is 0.326 e. The highest BCUT2D eigenvalue weighted by atomic mass is 35.5. The number of alkyl halides is 1. The molecule has 0 bridgehead atoms. The lowest BCUT2D eigenvalue weighted by Crippen LogP contribution is -2.18. The van der Waals surface area contributed by atoms with Crippen LogP contribution in [0.5, 0.6) is 11.5 Å². The van der Waals surface area contributed by atoms with Crippen molar-refractivity contribution in [3.8, 4) is 11.5 Å². The average Bonchev–Trinajstić information content (AvgIpc) is 2.32. The topological polar surface area (TPSA) is 61.6 Å². The molecule has 0 aliphatic rings. The second-order valence-electron chi connectivity index (χ2n) is 4.00. The van der Waals surface area contributed by atoms with Crippen molar-refractivity contribution in [2.45, 2.75) is 26.3 Å². The van der Waals surface area contributed by atoms with Crippen LogP contribution in [0.25, 0.3) is 0 Å². The highest BCUT2D eigenvalue weighted by molar-refractivity contribution is 6.26. The number of nitrogens with two attached hydrogens (primary N) is 1. The Morgan fingerprint density at radius 1 is 1.42 bits per heavy atom. The number of ether oxygens (including phenoxy) is 2. The van der Waals surface area contributed by atoms with Gasteiger partial charge in [-0.3, -0.25) is 4.79 Å². The maximum absolute atomic E-state index is 11.2. The van der Waals surface area contributed by atoms with Gasteiger partial charge in [-0.15, -0.1) is 24.0 Å². The Bertz CT molecular complexity index is 411. The molecule has 0 aliphatic carbocycles. The summed E-state index contributed by atoms with van der Waals surface area (Å²) in [6.07, 6.45) is 0.740. The highest BCUT2D eigenvalue weighted by Crippen LogP contribution is 2.29. The number of halogens is 2. The summed E-state index contributed by atoms with van der Waals surface area (Å²) in [6, 6.07) is 5.47. The third-order valence-corrected chi connectivity index (χ3v) is 2.42. The van der Waals surface area contributed by atoms with Gasteiger partial charge in [-0.1, -0.05) is 6.07 Å². The first-order valence-corrected chi connectivity index (χ1v) is 6.38. The quantitative estimate of drug-likeness (QED) is 0.498. The van der Waals surface area contributed by atoms with E-state index in [1.165, 1.54) is 0 Å². The Morgan fingerprint density at radius 3 is 2.63 bits per heavy atom. The van der Waals surface area contributed by atoms with E-state index >= 15 is 0 Å². The van der Waals surface area contributed by atoms with Crippen molar-refractivity contribution in [2.75, 3.05) is 12.5 Å². The molecule has 0 heterocycles. The molecule has 6 heteroatoms. The molecule has 0 aromatic heterocycles. The molecule has 4 nitrogen and oxygen atoms in total. The van der Waals surface area contributed by atoms with Crippen LogP contribution in [0.1, 0.15) is 19.4 Å². The number of rotatable bonds is 6. The van der Waals surface area contributed by atoms with E-state index in [1.54, 1.807) is 6.07 Å². The standard InChI is InChI=1S/C13H18ClNO3.ClH/c1-3-17-12-7-10(6-9(2)15)4-5-11(12)18-13(16)8-14;/h4-5,7,9H,3,6,8,15H2,1-2H3;1H. The molecule has 19 heavy (non-hydrogen) atoms. The molecular weight excluding hydrogens is 289 g/mol. The number of carbonyl (C=O) groups excluding carboxylic acids is 1. The van der Waals surface area contributed by atoms with Gasteiger partial charge in [0.15, 0.2) is 11.5 Å². The van der Waals surface area contributed by atoms with Crippen molar-refractivity contribution < 1.29 is 14.3 Å². The van der Waals surface area contributed by atoms with Crippen molar-refractivity contribution >= 4 is 30.0 Å². The summed E-state index contributed by atoms with van der Waals surface area (Å²) in [7, 11) is 0. The molecule has 0 fully saturated rings. The van der Waals surface area contributed by atoms with Crippen molar-refractivity contribution in [1.82, 2.24) is 0 Å². The normalized spacial score (nSPS) is 11.4. The van der Waals surface area contributed by atoms with Gasteiger partial charge in [0.2, 0.25) is 0 Å². The van der Waals surface area contributed by atoms with Crippen LogP contribution in [0.2, 0.25) is 0 Å². The van der Waals surface area contributed by atoms with Crippen LogP contribution in [-0.2, 0) is 11.2 Å². The second-order valence-corrected chi connectivity index (χ2v) is 4.27. The summed E-state index contributed by atoms with van der Waals surface area (Å²) in [5.41, 5.74) is 6.79. The Morgan fingerprint density at radius 2 is 2.11 bits per heavy atom. The number of esters is 1. The molecule has 0 radical (unpaired) electrons. The van der Waals surface area contributed by atoms with Gasteiger partial charge in [0.05, 0.1) is 6.61 Å². The second kappa shape index (κ2) is 9.02. The summed E-state index contributed by atoms with van der Waals surface area (Å²) in [5, 5.41) is 0. The van der Waals surface area contributed by atoms with Crippen molar-refractivity contribution in [2.24, 2.45) is 5.73 Å². The molecule has 0 saturated carbocycles. The van der Waals surface area contributed by atoms with E-state index in [4.69, 9.17) is 26.8 Å². The minimum Gasteiger partial charge on any atom is -0.490 e. The Hall–Kier alpha value is -0.970. The maximum atomic E-state index is 11.2. The molecule has 1 atom stereocenters. The van der Waals surface area contributed by atoms with Gasteiger partial charge in [-0.2, -0.15) is 0 Å². The van der Waals surface area contributed by atoms with Crippen LogP contribution in [0.3, 0.4) is 0 Å². The Balaban J connectivity index is 0.00000324. The number of benzene rings is 1. The average molecular weight is 308 g/mol. The van der Waals surface area contributed by atoms with Crippen LogP contribution < -0.4 is 15.2 Å². The zero-order valence-electron chi connectivity index (χ0n) is 11.0. The molecule has 0 saturated heterocycles. The van der Waals surface area contributed by atoms with E-state index in [9.17, 15) is 4.79 Å². The van der Waals surface area contributed by atoms with Crippen molar-refractivity contribution in [3.05, 3.63) is 23.8 Å². The third-order valence-electron chi connectivity index (χ3n) is 2.20. The third kappa shape index (κ3) is 6.14. The molecule has 1 unspecified atom stereocenters. The first-order valence-electron chi connectivity index (χ1n) is 5.84. The lowest BCUT2D eigenvalue weighted by molar-refractivity contribution is -0.131. The van der Waals surface area contributed by atoms with Crippen molar-refractivity contribution in [3.63, 3.8) is 0 Å². The van der Waals surface area contributed by atoms with Gasteiger partial charge in [-0.25, -0.2) is 0 Å². The lowest BCUT2D eigenvalue weighted by atomic mass is 10.1. The smallest absolute Gasteiger partial charge is 0.326 e. The number of hydrogen-bond acceptors (Lipinski definition) is 4. The van der Waals surface area contributed by atoms with E-state index in [0.717, 1.165) is 12.0 Å². The molecule has 1 aromatic rings. The molecule has 1 rings (SSSR count). The first kappa shape index (κ1) is 18.0. The van der Waals surface area contributed by atoms with Crippen LogP contribution in [0.4, 0.5) is 0 Å². The summed E-state index contributed by atoms with van der Waals surface area (Å²) in [5.74, 6) is 0.232. The van der Waals surface area contributed by atoms with E-state index < -0.39 is 5.97 Å². The fourth-order valence-electron chi connectivity index (χ4n) is 1.55. The fraction of sp³-hybridized carbons (Fsp3) is 0.462. The zero-order valence-corrected chi connectivity index (χ0v) is 12.6. The Labute approximate surface area is 124 Å². The van der Waals surface area contributed by atoms with Gasteiger partial charge in [-0.05, 0) is 38.0 Å². The van der Waals surface area contributed by atoms with Crippen LogP contribution >= 0.6 is 24.0 Å². The van der Waals surface area contributed by atoms with Gasteiger partial charge in [0.25, 0.3) is 0 Å². The van der Waals surface area contributed by atoms with Crippen LogP contribution in [0, 0.1) is 0 Å². The molecule has 1 aromatic carbocycles. The first-order chi connectivity index (χ1) is 8.56. The minimum absolute atomic E-state index is 0. The molecule has 0 amide bonds. The van der Waals surface area contributed by atoms with E-state index in [0.29, 0.717) is 18.1 Å². The van der Waals surface area contributed by atoms with E-state index in [2.05, 4.69) is 0 Å². The lowest BCUT2D eigenvalue weighted by Gasteiger charge is -2.12. The van der Waals surface area contributed by atoms with Gasteiger partial charge >= 0.3 is 5.97 Å². The SMILES string of the molecule is CCOc1cc(CC(C)N)ccc1OC(=O)CCl.Cl. The predicted octanol–water partition coefficient (Wildman–Crippen LogP) is 2.54. The van der Waals surface area contributed by atoms with Crippen molar-refractivity contribution in [1.29, 1.82) is 0 Å². The highest BCUT2D eigenvalue weighted by Gasteiger charge is 2.11. The van der Waals surface area contributed by atoms with Crippen LogP contribution in [-0.4, -0.2) is 24.5 Å². The largest absolute Gasteiger partial charge is 0.490 e. The fourth-order valence-corrected chi connectivity index (χ4v) is 1.61. The Kier molecular flexibility index (Phi) is 8.56.